The number of carbonyl (C=O) groups is 2. The lowest BCUT2D eigenvalue weighted by Crippen LogP contribution is -2.17. The Labute approximate surface area is 219 Å². The van der Waals surface area contributed by atoms with Crippen LogP contribution in [0.1, 0.15) is 27.0 Å². The first kappa shape index (κ1) is 26.5. The minimum Gasteiger partial charge on any atom is -0.506 e. The van der Waals surface area contributed by atoms with Crippen LogP contribution in [-0.2, 0) is 17.5 Å². The third-order valence-electron chi connectivity index (χ3n) is 5.45. The molecule has 0 aliphatic rings. The van der Waals surface area contributed by atoms with Gasteiger partial charge in [0.15, 0.2) is 0 Å². The summed E-state index contributed by atoms with van der Waals surface area (Å²) in [5.74, 6) is -0.657. The lowest BCUT2D eigenvalue weighted by molar-refractivity contribution is -0.137. The van der Waals surface area contributed by atoms with E-state index in [4.69, 9.17) is 16.3 Å². The summed E-state index contributed by atoms with van der Waals surface area (Å²) in [7, 11) is 0. The molecule has 0 unspecified atom stereocenters. The number of fused-ring (bicyclic) bond motifs is 1. The number of phenolic OH excluding ortho intramolecular Hbond substituents is 1. The van der Waals surface area contributed by atoms with Crippen LogP contribution in [0.25, 0.3) is 10.8 Å². The fourth-order valence-corrected chi connectivity index (χ4v) is 3.72. The highest BCUT2D eigenvalue weighted by atomic mass is 35.5. The van der Waals surface area contributed by atoms with E-state index in [-0.39, 0.29) is 28.6 Å². The molecular formula is C27H19ClF3N3O4. The summed E-state index contributed by atoms with van der Waals surface area (Å²) in [4.78, 5) is 24.5. The number of rotatable bonds is 6. The van der Waals surface area contributed by atoms with E-state index in [1.165, 1.54) is 24.4 Å². The van der Waals surface area contributed by atoms with E-state index < -0.39 is 23.7 Å². The van der Waals surface area contributed by atoms with Crippen molar-refractivity contribution >= 4 is 46.3 Å². The molecule has 0 spiro atoms. The average molecular weight is 542 g/mol. The summed E-state index contributed by atoms with van der Waals surface area (Å²) in [6.45, 7) is -0.0945. The molecule has 0 saturated carbocycles. The number of halogens is 4. The summed E-state index contributed by atoms with van der Waals surface area (Å²) in [5, 5.41) is 17.5. The fraction of sp³-hybridized carbons (Fsp3) is 0.0741. The van der Waals surface area contributed by atoms with E-state index in [0.717, 1.165) is 35.0 Å². The molecule has 0 atom stereocenters. The number of anilines is 1. The molecule has 4 aromatic rings. The molecule has 4 rings (SSSR count). The number of nitrogens with zero attached hydrogens (tertiary/aromatic N) is 1. The molecule has 4 aromatic carbocycles. The number of hydrazone groups is 1. The minimum atomic E-state index is -4.47. The Morgan fingerprint density at radius 3 is 2.37 bits per heavy atom. The van der Waals surface area contributed by atoms with Crippen LogP contribution >= 0.6 is 11.6 Å². The second kappa shape index (κ2) is 11.2. The first-order chi connectivity index (χ1) is 18.1. The minimum absolute atomic E-state index is 0.0403. The van der Waals surface area contributed by atoms with Gasteiger partial charge in [0.2, 0.25) is 0 Å². The summed E-state index contributed by atoms with van der Waals surface area (Å²) < 4.78 is 43.4. The number of amides is 2. The van der Waals surface area contributed by atoms with Gasteiger partial charge in [-0.3, -0.25) is 10.1 Å². The highest BCUT2D eigenvalue weighted by molar-refractivity contribution is 6.32. The van der Waals surface area contributed by atoms with E-state index in [9.17, 15) is 27.9 Å². The van der Waals surface area contributed by atoms with Crippen LogP contribution in [-0.4, -0.2) is 23.3 Å². The van der Waals surface area contributed by atoms with Gasteiger partial charge in [-0.05, 0) is 58.8 Å². The predicted molar refractivity (Wildman–Crippen MR) is 137 cm³/mol. The molecule has 0 heterocycles. The van der Waals surface area contributed by atoms with Gasteiger partial charge in [-0.2, -0.15) is 18.3 Å². The van der Waals surface area contributed by atoms with Crippen molar-refractivity contribution in [2.75, 3.05) is 5.32 Å². The molecule has 7 nitrogen and oxygen atoms in total. The largest absolute Gasteiger partial charge is 0.506 e. The second-order valence-electron chi connectivity index (χ2n) is 8.00. The maximum Gasteiger partial charge on any atom is 0.416 e. The van der Waals surface area contributed by atoms with Gasteiger partial charge in [0.05, 0.1) is 16.8 Å². The monoisotopic (exact) mass is 541 g/mol. The van der Waals surface area contributed by atoms with E-state index in [1.807, 2.05) is 24.3 Å². The number of benzene rings is 4. The van der Waals surface area contributed by atoms with E-state index >= 15 is 0 Å². The average Bonchev–Trinajstić information content (AvgIpc) is 2.89. The van der Waals surface area contributed by atoms with E-state index in [1.54, 1.807) is 12.1 Å². The van der Waals surface area contributed by atoms with Crippen LogP contribution in [0.3, 0.4) is 0 Å². The van der Waals surface area contributed by atoms with Crippen molar-refractivity contribution in [2.24, 2.45) is 5.10 Å². The van der Waals surface area contributed by atoms with E-state index in [2.05, 4.69) is 15.8 Å². The van der Waals surface area contributed by atoms with Crippen molar-refractivity contribution in [3.05, 3.63) is 106 Å². The SMILES string of the molecule is O=C(Nc1ccc(C(F)(F)F)cc1)OCc1ccc(/C=N/NC(=O)c2ccc(O)c(Cl)c2)c2ccccc12. The molecule has 11 heteroatoms. The van der Waals surface area contributed by atoms with Gasteiger partial charge in [-0.1, -0.05) is 48.0 Å². The Morgan fingerprint density at radius 1 is 0.974 bits per heavy atom. The second-order valence-corrected chi connectivity index (χ2v) is 8.41. The van der Waals surface area contributed by atoms with Crippen molar-refractivity contribution in [3.8, 4) is 5.75 Å². The molecule has 0 saturated heterocycles. The number of carbonyl (C=O) groups excluding carboxylic acids is 2. The number of ether oxygens (including phenoxy) is 1. The lowest BCUT2D eigenvalue weighted by Gasteiger charge is -2.11. The van der Waals surface area contributed by atoms with Gasteiger partial charge in [0.1, 0.15) is 12.4 Å². The Bertz CT molecular complexity index is 1520. The van der Waals surface area contributed by atoms with Crippen molar-refractivity contribution in [3.63, 3.8) is 0 Å². The Kier molecular flexibility index (Phi) is 7.82. The fourth-order valence-electron chi connectivity index (χ4n) is 3.54. The normalized spacial score (nSPS) is 11.5. The predicted octanol–water partition coefficient (Wildman–Crippen LogP) is 6.73. The number of aromatic hydroxyl groups is 1. The zero-order chi connectivity index (χ0) is 27.3. The molecule has 0 fully saturated rings. The quantitative estimate of drug-likeness (QED) is 0.186. The highest BCUT2D eigenvalue weighted by Gasteiger charge is 2.30. The third-order valence-corrected chi connectivity index (χ3v) is 5.75. The Balaban J connectivity index is 1.41. The molecule has 0 bridgehead atoms. The summed E-state index contributed by atoms with van der Waals surface area (Å²) >= 11 is 5.83. The molecule has 2 amide bonds. The number of hydrogen-bond donors (Lipinski definition) is 3. The zero-order valence-corrected chi connectivity index (χ0v) is 20.2. The van der Waals surface area contributed by atoms with Crippen molar-refractivity contribution in [1.82, 2.24) is 5.43 Å². The highest BCUT2D eigenvalue weighted by Crippen LogP contribution is 2.30. The standard InChI is InChI=1S/C27H19ClF3N3O4/c28-23-13-16(7-12-24(23)35)25(36)34-32-14-17-5-6-18(22-4-2-1-3-21(17)22)15-38-26(37)33-20-10-8-19(9-11-20)27(29,30)31/h1-14,35H,15H2,(H,33,37)(H,34,36)/b32-14+. The number of phenols is 1. The van der Waals surface area contributed by atoms with E-state index in [0.29, 0.717) is 11.1 Å². The maximum atomic E-state index is 12.7. The molecule has 0 radical (unpaired) electrons. The van der Waals surface area contributed by atoms with Crippen molar-refractivity contribution < 1.29 is 32.6 Å². The molecular weight excluding hydrogens is 523 g/mol. The number of nitrogens with one attached hydrogen (secondary N) is 2. The summed E-state index contributed by atoms with van der Waals surface area (Å²) in [5.41, 5.74) is 3.32. The molecule has 3 N–H and O–H groups in total. The van der Waals surface area contributed by atoms with Gasteiger partial charge >= 0.3 is 12.3 Å². The molecule has 0 aliphatic carbocycles. The third kappa shape index (κ3) is 6.40. The van der Waals surface area contributed by atoms with Crippen LogP contribution in [0.5, 0.6) is 5.75 Å². The molecule has 194 valence electrons. The van der Waals surface area contributed by atoms with Crippen molar-refractivity contribution in [2.45, 2.75) is 12.8 Å². The Morgan fingerprint density at radius 2 is 1.68 bits per heavy atom. The first-order valence-electron chi connectivity index (χ1n) is 11.1. The van der Waals surface area contributed by atoms with Gasteiger partial charge in [0, 0.05) is 16.8 Å². The smallest absolute Gasteiger partial charge is 0.416 e. The van der Waals surface area contributed by atoms with Gasteiger partial charge < -0.3 is 9.84 Å². The van der Waals surface area contributed by atoms with Crippen LogP contribution in [0.15, 0.2) is 84.0 Å². The molecule has 38 heavy (non-hydrogen) atoms. The lowest BCUT2D eigenvalue weighted by atomic mass is 10.0. The molecule has 0 aliphatic heterocycles. The van der Waals surface area contributed by atoms with Crippen LogP contribution in [0, 0.1) is 0 Å². The van der Waals surface area contributed by atoms with Crippen LogP contribution in [0.2, 0.25) is 5.02 Å². The Hall–Kier alpha value is -4.57. The van der Waals surface area contributed by atoms with Crippen molar-refractivity contribution in [1.29, 1.82) is 0 Å². The van der Waals surface area contributed by atoms with Gasteiger partial charge in [-0.25, -0.2) is 10.2 Å². The van der Waals surface area contributed by atoms with Gasteiger partial charge in [0.25, 0.3) is 5.91 Å². The zero-order valence-electron chi connectivity index (χ0n) is 19.4. The van der Waals surface area contributed by atoms with Crippen LogP contribution in [0.4, 0.5) is 23.7 Å². The maximum absolute atomic E-state index is 12.7. The summed E-state index contributed by atoms with van der Waals surface area (Å²) in [6, 6.07) is 18.8. The van der Waals surface area contributed by atoms with Crippen LogP contribution < -0.4 is 10.7 Å². The number of alkyl halides is 3. The van der Waals surface area contributed by atoms with Gasteiger partial charge in [-0.15, -0.1) is 0 Å². The molecule has 0 aromatic heterocycles. The summed E-state index contributed by atoms with van der Waals surface area (Å²) in [6.07, 6.45) is -3.83. The topological polar surface area (TPSA) is 100 Å². The number of hydrogen-bond acceptors (Lipinski definition) is 5. The first-order valence-corrected chi connectivity index (χ1v) is 11.4.